The topological polar surface area (TPSA) is 58.4 Å². The van der Waals surface area contributed by atoms with Gasteiger partial charge in [0.05, 0.1) is 6.54 Å². The molecular weight excluding hydrogens is 166 g/mol. The average molecular weight is 185 g/mol. The summed E-state index contributed by atoms with van der Waals surface area (Å²) in [5, 5.41) is 2.62. The van der Waals surface area contributed by atoms with Crippen molar-refractivity contribution in [3.63, 3.8) is 0 Å². The van der Waals surface area contributed by atoms with Gasteiger partial charge in [0.1, 0.15) is 0 Å². The Bertz CT molecular complexity index is 182. The van der Waals surface area contributed by atoms with Crippen molar-refractivity contribution in [1.82, 2.24) is 10.2 Å². The Balaban J connectivity index is 2.29. The highest BCUT2D eigenvalue weighted by molar-refractivity contribution is 5.77. The van der Waals surface area contributed by atoms with Gasteiger partial charge in [-0.1, -0.05) is 0 Å². The lowest BCUT2D eigenvalue weighted by Crippen LogP contribution is -2.36. The van der Waals surface area contributed by atoms with E-state index in [9.17, 15) is 4.79 Å². The second-order valence-corrected chi connectivity index (χ2v) is 3.82. The zero-order valence-corrected chi connectivity index (χ0v) is 8.42. The van der Waals surface area contributed by atoms with Crippen LogP contribution in [0.5, 0.6) is 0 Å². The van der Waals surface area contributed by atoms with Crippen LogP contribution in [-0.4, -0.2) is 43.5 Å². The number of likely N-dealkylation sites (tertiary alicyclic amines) is 1. The smallest absolute Gasteiger partial charge is 0.233 e. The highest BCUT2D eigenvalue weighted by Gasteiger charge is 2.25. The predicted molar refractivity (Wildman–Crippen MR) is 52.3 cm³/mol. The van der Waals surface area contributed by atoms with Gasteiger partial charge in [-0.15, -0.1) is 0 Å². The van der Waals surface area contributed by atoms with E-state index in [1.54, 1.807) is 7.05 Å². The number of carbonyl (C=O) groups is 1. The molecule has 2 unspecified atom stereocenters. The number of likely N-dealkylation sites (N-methyl/N-ethyl adjacent to an activating group) is 1. The predicted octanol–water partition coefficient (Wildman–Crippen LogP) is -0.598. The standard InChI is InChI=1S/C9H19N3O/c1-7(10)8-3-4-12(5-8)6-9(13)11-2/h7-8H,3-6,10H2,1-2H3,(H,11,13). The number of rotatable bonds is 3. The van der Waals surface area contributed by atoms with E-state index in [0.717, 1.165) is 19.5 Å². The van der Waals surface area contributed by atoms with E-state index in [0.29, 0.717) is 12.5 Å². The van der Waals surface area contributed by atoms with Crippen LogP contribution in [0.15, 0.2) is 0 Å². The maximum atomic E-state index is 11.1. The Kier molecular flexibility index (Phi) is 3.69. The van der Waals surface area contributed by atoms with Gasteiger partial charge in [0.25, 0.3) is 0 Å². The summed E-state index contributed by atoms with van der Waals surface area (Å²) >= 11 is 0. The molecule has 0 bridgehead atoms. The number of amides is 1. The molecule has 76 valence electrons. The molecule has 1 amide bonds. The Hall–Kier alpha value is -0.610. The minimum Gasteiger partial charge on any atom is -0.358 e. The molecule has 4 nitrogen and oxygen atoms in total. The van der Waals surface area contributed by atoms with Crippen LogP contribution >= 0.6 is 0 Å². The zero-order chi connectivity index (χ0) is 9.84. The maximum Gasteiger partial charge on any atom is 0.233 e. The molecule has 0 saturated carbocycles. The van der Waals surface area contributed by atoms with Crippen LogP contribution in [-0.2, 0) is 4.79 Å². The van der Waals surface area contributed by atoms with Gasteiger partial charge < -0.3 is 11.1 Å². The van der Waals surface area contributed by atoms with E-state index < -0.39 is 0 Å². The first-order valence-corrected chi connectivity index (χ1v) is 4.82. The molecule has 0 radical (unpaired) electrons. The molecule has 1 saturated heterocycles. The van der Waals surface area contributed by atoms with Crippen LogP contribution in [0.4, 0.5) is 0 Å². The minimum atomic E-state index is 0.0883. The van der Waals surface area contributed by atoms with Crippen molar-refractivity contribution in [1.29, 1.82) is 0 Å². The van der Waals surface area contributed by atoms with Gasteiger partial charge in [0.2, 0.25) is 5.91 Å². The van der Waals surface area contributed by atoms with Crippen LogP contribution in [0.1, 0.15) is 13.3 Å². The zero-order valence-electron chi connectivity index (χ0n) is 8.42. The number of nitrogens with zero attached hydrogens (tertiary/aromatic N) is 1. The molecule has 0 aromatic rings. The lowest BCUT2D eigenvalue weighted by atomic mass is 10.0. The van der Waals surface area contributed by atoms with Gasteiger partial charge in [-0.25, -0.2) is 0 Å². The second-order valence-electron chi connectivity index (χ2n) is 3.82. The molecule has 2 atom stereocenters. The molecule has 1 heterocycles. The number of carbonyl (C=O) groups excluding carboxylic acids is 1. The number of hydrogen-bond donors (Lipinski definition) is 2. The monoisotopic (exact) mass is 185 g/mol. The summed E-state index contributed by atoms with van der Waals surface area (Å²) in [6.07, 6.45) is 1.12. The van der Waals surface area contributed by atoms with E-state index in [2.05, 4.69) is 10.2 Å². The minimum absolute atomic E-state index is 0.0883. The average Bonchev–Trinajstić information content (AvgIpc) is 2.52. The van der Waals surface area contributed by atoms with E-state index in [-0.39, 0.29) is 11.9 Å². The summed E-state index contributed by atoms with van der Waals surface area (Å²) in [4.78, 5) is 13.2. The summed E-state index contributed by atoms with van der Waals surface area (Å²) in [5.41, 5.74) is 5.80. The fraction of sp³-hybridized carbons (Fsp3) is 0.889. The van der Waals surface area contributed by atoms with Crippen molar-refractivity contribution >= 4 is 5.91 Å². The first kappa shape index (κ1) is 10.5. The molecule has 1 aliphatic rings. The summed E-state index contributed by atoms with van der Waals surface area (Å²) in [7, 11) is 1.67. The van der Waals surface area contributed by atoms with Crippen molar-refractivity contribution in [3.8, 4) is 0 Å². The molecule has 4 heteroatoms. The first-order chi connectivity index (χ1) is 6.13. The molecule has 0 aromatic carbocycles. The lowest BCUT2D eigenvalue weighted by Gasteiger charge is -2.16. The van der Waals surface area contributed by atoms with Crippen molar-refractivity contribution in [2.45, 2.75) is 19.4 Å². The summed E-state index contributed by atoms with van der Waals surface area (Å²) in [6, 6.07) is 0.245. The van der Waals surface area contributed by atoms with Crippen molar-refractivity contribution < 1.29 is 4.79 Å². The number of nitrogens with two attached hydrogens (primary N) is 1. The SMILES string of the molecule is CNC(=O)CN1CCC(C(C)N)C1. The molecule has 0 spiro atoms. The second kappa shape index (κ2) is 4.58. The Labute approximate surface area is 79.5 Å². The van der Waals surface area contributed by atoms with Gasteiger partial charge in [0, 0.05) is 19.6 Å². The fourth-order valence-electron chi connectivity index (χ4n) is 1.72. The van der Waals surface area contributed by atoms with Crippen molar-refractivity contribution in [3.05, 3.63) is 0 Å². The van der Waals surface area contributed by atoms with Gasteiger partial charge in [0.15, 0.2) is 0 Å². The van der Waals surface area contributed by atoms with Gasteiger partial charge in [-0.05, 0) is 25.8 Å². The normalized spacial score (nSPS) is 25.9. The summed E-state index contributed by atoms with van der Waals surface area (Å²) in [6.45, 7) is 4.51. The Morgan fingerprint density at radius 2 is 2.46 bits per heavy atom. The van der Waals surface area contributed by atoms with Crippen LogP contribution in [0, 0.1) is 5.92 Å². The highest BCUT2D eigenvalue weighted by Crippen LogP contribution is 2.17. The third-order valence-electron chi connectivity index (χ3n) is 2.70. The van der Waals surface area contributed by atoms with E-state index in [1.165, 1.54) is 0 Å². The molecule has 0 aliphatic carbocycles. The largest absolute Gasteiger partial charge is 0.358 e. The first-order valence-electron chi connectivity index (χ1n) is 4.82. The number of hydrogen-bond acceptors (Lipinski definition) is 3. The lowest BCUT2D eigenvalue weighted by molar-refractivity contribution is -0.121. The Morgan fingerprint density at radius 1 is 1.77 bits per heavy atom. The van der Waals surface area contributed by atoms with Gasteiger partial charge in [-0.3, -0.25) is 9.69 Å². The van der Waals surface area contributed by atoms with Crippen LogP contribution in [0.25, 0.3) is 0 Å². The van der Waals surface area contributed by atoms with E-state index >= 15 is 0 Å². The van der Waals surface area contributed by atoms with Crippen LogP contribution in [0.3, 0.4) is 0 Å². The van der Waals surface area contributed by atoms with E-state index in [1.807, 2.05) is 6.92 Å². The van der Waals surface area contributed by atoms with Crippen molar-refractivity contribution in [2.24, 2.45) is 11.7 Å². The van der Waals surface area contributed by atoms with Crippen LogP contribution in [0.2, 0.25) is 0 Å². The van der Waals surface area contributed by atoms with Crippen LogP contribution < -0.4 is 11.1 Å². The Morgan fingerprint density at radius 3 is 2.92 bits per heavy atom. The van der Waals surface area contributed by atoms with Crippen molar-refractivity contribution in [2.75, 3.05) is 26.7 Å². The van der Waals surface area contributed by atoms with Gasteiger partial charge >= 0.3 is 0 Å². The third-order valence-corrected chi connectivity index (χ3v) is 2.70. The summed E-state index contributed by atoms with van der Waals surface area (Å²) < 4.78 is 0. The van der Waals surface area contributed by atoms with Gasteiger partial charge in [-0.2, -0.15) is 0 Å². The molecule has 3 N–H and O–H groups in total. The number of nitrogens with one attached hydrogen (secondary N) is 1. The summed E-state index contributed by atoms with van der Waals surface area (Å²) in [5.74, 6) is 0.648. The molecular formula is C9H19N3O. The molecule has 0 aromatic heterocycles. The molecule has 1 aliphatic heterocycles. The molecule has 13 heavy (non-hydrogen) atoms. The quantitative estimate of drug-likeness (QED) is 0.617. The molecule has 1 rings (SSSR count). The third kappa shape index (κ3) is 2.97. The maximum absolute atomic E-state index is 11.1. The highest BCUT2D eigenvalue weighted by atomic mass is 16.1. The molecule has 1 fully saturated rings. The fourth-order valence-corrected chi connectivity index (χ4v) is 1.72. The van der Waals surface area contributed by atoms with E-state index in [4.69, 9.17) is 5.73 Å².